The molecule has 1 atom stereocenters. The number of terminal acetylenes is 1. The minimum absolute atomic E-state index is 0.181. The van der Waals surface area contributed by atoms with Crippen molar-refractivity contribution >= 4 is 5.91 Å². The third kappa shape index (κ3) is 2.91. The van der Waals surface area contributed by atoms with Crippen LogP contribution in [0.2, 0.25) is 0 Å². The third-order valence-corrected chi connectivity index (χ3v) is 2.92. The van der Waals surface area contributed by atoms with Crippen LogP contribution in [0, 0.1) is 17.8 Å². The minimum atomic E-state index is -4.52. The van der Waals surface area contributed by atoms with Crippen LogP contribution >= 0.6 is 0 Å². The van der Waals surface area contributed by atoms with Gasteiger partial charge in [0.1, 0.15) is 0 Å². The summed E-state index contributed by atoms with van der Waals surface area (Å²) in [6.45, 7) is 0.0373. The van der Waals surface area contributed by atoms with Crippen LogP contribution in [0.15, 0.2) is 0 Å². The summed E-state index contributed by atoms with van der Waals surface area (Å²) in [6.07, 6.45) is 1.21. The van der Waals surface area contributed by atoms with E-state index in [-0.39, 0.29) is 26.1 Å². The van der Waals surface area contributed by atoms with E-state index >= 15 is 0 Å². The van der Waals surface area contributed by atoms with Crippen molar-refractivity contribution in [3.63, 3.8) is 0 Å². The Hall–Kier alpha value is -1.22. The first-order chi connectivity index (χ1) is 7.94. The summed E-state index contributed by atoms with van der Waals surface area (Å²) in [7, 11) is 0. The molecule has 17 heavy (non-hydrogen) atoms. The quantitative estimate of drug-likeness (QED) is 0.577. The van der Waals surface area contributed by atoms with E-state index in [1.54, 1.807) is 0 Å². The summed E-state index contributed by atoms with van der Waals surface area (Å²) < 4.78 is 38.7. The van der Waals surface area contributed by atoms with Crippen molar-refractivity contribution in [1.82, 2.24) is 10.6 Å². The largest absolute Gasteiger partial charge is 0.404 e. The lowest BCUT2D eigenvalue weighted by Crippen LogP contribution is -2.52. The van der Waals surface area contributed by atoms with Crippen LogP contribution in [-0.2, 0) is 4.79 Å². The van der Waals surface area contributed by atoms with Crippen LogP contribution in [0.3, 0.4) is 0 Å². The van der Waals surface area contributed by atoms with Crippen LogP contribution in [0.1, 0.15) is 19.3 Å². The number of carbonyl (C=O) groups is 1. The number of hydrogen-bond acceptors (Lipinski definition) is 2. The number of amides is 1. The van der Waals surface area contributed by atoms with Gasteiger partial charge in [0.2, 0.25) is 5.91 Å². The smallest absolute Gasteiger partial charge is 0.355 e. The Labute approximate surface area is 98.1 Å². The topological polar surface area (TPSA) is 41.1 Å². The van der Waals surface area contributed by atoms with E-state index in [0.717, 1.165) is 0 Å². The molecule has 0 aromatic heterocycles. The first-order valence-electron chi connectivity index (χ1n) is 5.43. The molecule has 1 aliphatic heterocycles. The second-order valence-electron chi connectivity index (χ2n) is 4.07. The first kappa shape index (κ1) is 13.8. The molecule has 6 heteroatoms. The Morgan fingerprint density at radius 2 is 2.24 bits per heavy atom. The van der Waals surface area contributed by atoms with Crippen LogP contribution in [0.5, 0.6) is 0 Å². The fourth-order valence-corrected chi connectivity index (χ4v) is 1.82. The Morgan fingerprint density at radius 1 is 1.53 bits per heavy atom. The highest BCUT2D eigenvalue weighted by Crippen LogP contribution is 2.43. The average molecular weight is 248 g/mol. The van der Waals surface area contributed by atoms with Gasteiger partial charge in [-0.3, -0.25) is 4.79 Å². The highest BCUT2D eigenvalue weighted by molar-refractivity contribution is 5.84. The van der Waals surface area contributed by atoms with Gasteiger partial charge in [0.15, 0.2) is 5.41 Å². The normalized spacial score (nSPS) is 24.4. The number of carbonyl (C=O) groups excluding carboxylic acids is 1. The molecule has 0 bridgehead atoms. The molecular weight excluding hydrogens is 233 g/mol. The lowest BCUT2D eigenvalue weighted by Gasteiger charge is -2.29. The molecule has 1 fully saturated rings. The van der Waals surface area contributed by atoms with E-state index in [4.69, 9.17) is 6.42 Å². The molecule has 1 unspecified atom stereocenters. The number of alkyl halides is 3. The van der Waals surface area contributed by atoms with Crippen molar-refractivity contribution in [2.24, 2.45) is 5.41 Å². The summed E-state index contributed by atoms with van der Waals surface area (Å²) in [5.41, 5.74) is -2.27. The molecule has 0 spiro atoms. The molecule has 1 amide bonds. The second kappa shape index (κ2) is 5.41. The van der Waals surface area contributed by atoms with Gasteiger partial charge in [-0.1, -0.05) is 0 Å². The van der Waals surface area contributed by atoms with Crippen molar-refractivity contribution in [2.75, 3.05) is 19.6 Å². The van der Waals surface area contributed by atoms with Gasteiger partial charge in [0.25, 0.3) is 0 Å². The van der Waals surface area contributed by atoms with Crippen molar-refractivity contribution in [3.05, 3.63) is 0 Å². The third-order valence-electron chi connectivity index (χ3n) is 2.92. The highest BCUT2D eigenvalue weighted by Gasteiger charge is 2.61. The predicted molar refractivity (Wildman–Crippen MR) is 57.1 cm³/mol. The standard InChI is InChI=1S/C11H15F3N2O/c1-2-3-4-6-16-9(17)10(11(12,13)14)5-7-15-8-10/h1,15H,3-8H2,(H,16,17). The number of hydrogen-bond donors (Lipinski definition) is 2. The zero-order valence-corrected chi connectivity index (χ0v) is 9.36. The fraction of sp³-hybridized carbons (Fsp3) is 0.727. The van der Waals surface area contributed by atoms with Gasteiger partial charge in [-0.2, -0.15) is 13.2 Å². The molecular formula is C11H15F3N2O. The van der Waals surface area contributed by atoms with Crippen LogP contribution in [0.4, 0.5) is 13.2 Å². The molecule has 0 aromatic rings. The second-order valence-corrected chi connectivity index (χ2v) is 4.07. The zero-order valence-electron chi connectivity index (χ0n) is 9.36. The summed E-state index contributed by atoms with van der Waals surface area (Å²) in [5, 5.41) is 4.90. The Balaban J connectivity index is 2.60. The molecule has 0 radical (unpaired) electrons. The van der Waals surface area contributed by atoms with Crippen molar-refractivity contribution in [3.8, 4) is 12.3 Å². The van der Waals surface area contributed by atoms with Gasteiger partial charge >= 0.3 is 6.18 Å². The van der Waals surface area contributed by atoms with Gasteiger partial charge in [-0.05, 0) is 19.4 Å². The van der Waals surface area contributed by atoms with Crippen LogP contribution in [-0.4, -0.2) is 31.7 Å². The highest BCUT2D eigenvalue weighted by atomic mass is 19.4. The molecule has 1 saturated heterocycles. The van der Waals surface area contributed by atoms with E-state index in [1.165, 1.54) is 0 Å². The lowest BCUT2D eigenvalue weighted by atomic mass is 9.85. The van der Waals surface area contributed by atoms with E-state index in [9.17, 15) is 18.0 Å². The molecule has 2 N–H and O–H groups in total. The minimum Gasteiger partial charge on any atom is -0.355 e. The lowest BCUT2D eigenvalue weighted by molar-refractivity contribution is -0.216. The first-order valence-corrected chi connectivity index (χ1v) is 5.43. The zero-order chi connectivity index (χ0) is 12.9. The maximum Gasteiger partial charge on any atom is 0.404 e. The Bertz CT molecular complexity index is 314. The molecule has 0 saturated carbocycles. The van der Waals surface area contributed by atoms with Crippen molar-refractivity contribution in [2.45, 2.75) is 25.4 Å². The summed E-state index contributed by atoms with van der Waals surface area (Å²) in [4.78, 5) is 11.7. The van der Waals surface area contributed by atoms with E-state index < -0.39 is 17.5 Å². The monoisotopic (exact) mass is 248 g/mol. The Morgan fingerprint density at radius 3 is 2.71 bits per heavy atom. The van der Waals surface area contributed by atoms with Gasteiger partial charge < -0.3 is 10.6 Å². The predicted octanol–water partition coefficient (Wildman–Crippen LogP) is 1.06. The maximum absolute atomic E-state index is 12.9. The number of halogens is 3. The van der Waals surface area contributed by atoms with E-state index in [1.807, 2.05) is 0 Å². The summed E-state index contributed by atoms with van der Waals surface area (Å²) in [5.74, 6) is 1.41. The van der Waals surface area contributed by atoms with Crippen LogP contribution < -0.4 is 10.6 Å². The summed E-state index contributed by atoms with van der Waals surface area (Å²) in [6, 6.07) is 0. The van der Waals surface area contributed by atoms with E-state index in [0.29, 0.717) is 12.8 Å². The molecule has 1 heterocycles. The molecule has 1 rings (SSSR count). The molecule has 3 nitrogen and oxygen atoms in total. The van der Waals surface area contributed by atoms with E-state index in [2.05, 4.69) is 16.6 Å². The average Bonchev–Trinajstić information content (AvgIpc) is 2.73. The molecule has 1 aliphatic rings. The summed E-state index contributed by atoms with van der Waals surface area (Å²) >= 11 is 0. The maximum atomic E-state index is 12.9. The van der Waals surface area contributed by atoms with Crippen LogP contribution in [0.25, 0.3) is 0 Å². The molecule has 0 aliphatic carbocycles. The van der Waals surface area contributed by atoms with Gasteiger partial charge in [-0.15, -0.1) is 12.3 Å². The SMILES string of the molecule is C#CCCCNC(=O)C1(C(F)(F)F)CCNC1. The number of unbranched alkanes of at least 4 members (excludes halogenated alkanes) is 1. The number of nitrogens with one attached hydrogen (secondary N) is 2. The molecule has 96 valence electrons. The number of rotatable bonds is 4. The van der Waals surface area contributed by atoms with Crippen molar-refractivity contribution in [1.29, 1.82) is 0 Å². The Kier molecular flexibility index (Phi) is 4.40. The van der Waals surface area contributed by atoms with Gasteiger partial charge in [-0.25, -0.2) is 0 Å². The van der Waals surface area contributed by atoms with Gasteiger partial charge in [0, 0.05) is 19.5 Å². The van der Waals surface area contributed by atoms with Crippen molar-refractivity contribution < 1.29 is 18.0 Å². The molecule has 0 aromatic carbocycles. The van der Waals surface area contributed by atoms with Gasteiger partial charge in [0.05, 0.1) is 0 Å². The fourth-order valence-electron chi connectivity index (χ4n) is 1.82.